The summed E-state index contributed by atoms with van der Waals surface area (Å²) in [5.74, 6) is -0.686. The summed E-state index contributed by atoms with van der Waals surface area (Å²) in [6.45, 7) is 0.177. The molecule has 0 aliphatic heterocycles. The van der Waals surface area contributed by atoms with E-state index in [0.717, 1.165) is 6.26 Å². The standard InChI is InChI=1S/C16H16BrFN2O3S/c1-24(22,23)20-15-5-3-2-4-12(15)8-16(21)19-10-11-6-13(17)9-14(18)7-11/h2-7,9,20H,8,10H2,1H3,(H,19,21). The van der Waals surface area contributed by atoms with Gasteiger partial charge >= 0.3 is 0 Å². The summed E-state index contributed by atoms with van der Waals surface area (Å²) >= 11 is 3.19. The summed E-state index contributed by atoms with van der Waals surface area (Å²) in [5, 5.41) is 2.69. The van der Waals surface area contributed by atoms with E-state index in [1.54, 1.807) is 30.3 Å². The van der Waals surface area contributed by atoms with Gasteiger partial charge < -0.3 is 5.32 Å². The number of carbonyl (C=O) groups excluding carboxylic acids is 1. The van der Waals surface area contributed by atoms with Gasteiger partial charge in [0.05, 0.1) is 18.4 Å². The summed E-state index contributed by atoms with van der Waals surface area (Å²) in [6, 6.07) is 11.0. The zero-order valence-electron chi connectivity index (χ0n) is 12.8. The molecule has 0 unspecified atom stereocenters. The third kappa shape index (κ3) is 5.93. The second-order valence-electron chi connectivity index (χ2n) is 5.26. The molecule has 0 saturated carbocycles. The molecule has 0 fully saturated rings. The molecule has 8 heteroatoms. The number of anilines is 1. The van der Waals surface area contributed by atoms with Crippen molar-refractivity contribution in [2.45, 2.75) is 13.0 Å². The number of carbonyl (C=O) groups is 1. The highest BCUT2D eigenvalue weighted by molar-refractivity contribution is 9.10. The summed E-state index contributed by atoms with van der Waals surface area (Å²) in [4.78, 5) is 12.1. The van der Waals surface area contributed by atoms with E-state index >= 15 is 0 Å². The largest absolute Gasteiger partial charge is 0.352 e. The lowest BCUT2D eigenvalue weighted by molar-refractivity contribution is -0.120. The number of amides is 1. The van der Waals surface area contributed by atoms with Crippen LogP contribution in [0.15, 0.2) is 46.9 Å². The minimum absolute atomic E-state index is 0.00911. The first kappa shape index (κ1) is 18.4. The van der Waals surface area contributed by atoms with Gasteiger partial charge in [0.15, 0.2) is 0 Å². The molecule has 5 nitrogen and oxygen atoms in total. The summed E-state index contributed by atoms with van der Waals surface area (Å²) in [7, 11) is -3.43. The van der Waals surface area contributed by atoms with Crippen molar-refractivity contribution in [1.29, 1.82) is 0 Å². The van der Waals surface area contributed by atoms with Gasteiger partial charge in [-0.1, -0.05) is 34.1 Å². The van der Waals surface area contributed by atoms with Crippen LogP contribution in [-0.2, 0) is 27.8 Å². The lowest BCUT2D eigenvalue weighted by Crippen LogP contribution is -2.25. The third-order valence-electron chi connectivity index (χ3n) is 3.08. The van der Waals surface area contributed by atoms with Crippen LogP contribution in [0.25, 0.3) is 0 Å². The lowest BCUT2D eigenvalue weighted by Gasteiger charge is -2.11. The summed E-state index contributed by atoms with van der Waals surface area (Å²) in [6.07, 6.45) is 1.06. The average molecular weight is 415 g/mol. The molecule has 128 valence electrons. The van der Waals surface area contributed by atoms with Gasteiger partial charge in [-0.15, -0.1) is 0 Å². The van der Waals surface area contributed by atoms with Gasteiger partial charge in [0.1, 0.15) is 5.82 Å². The number of halogens is 2. The fourth-order valence-corrected chi connectivity index (χ4v) is 3.23. The smallest absolute Gasteiger partial charge is 0.229 e. The second-order valence-corrected chi connectivity index (χ2v) is 7.93. The monoisotopic (exact) mass is 414 g/mol. The van der Waals surface area contributed by atoms with E-state index in [9.17, 15) is 17.6 Å². The van der Waals surface area contributed by atoms with Gasteiger partial charge in [-0.25, -0.2) is 12.8 Å². The molecule has 0 radical (unpaired) electrons. The summed E-state index contributed by atoms with van der Waals surface area (Å²) in [5.41, 5.74) is 1.54. The first-order valence-electron chi connectivity index (χ1n) is 7.00. The lowest BCUT2D eigenvalue weighted by atomic mass is 10.1. The maximum atomic E-state index is 13.3. The van der Waals surface area contributed by atoms with Crippen molar-refractivity contribution in [2.24, 2.45) is 0 Å². The van der Waals surface area contributed by atoms with Gasteiger partial charge in [-0.3, -0.25) is 9.52 Å². The highest BCUT2D eigenvalue weighted by Crippen LogP contribution is 2.17. The number of hydrogen-bond donors (Lipinski definition) is 2. The van der Waals surface area contributed by atoms with Crippen LogP contribution in [0.2, 0.25) is 0 Å². The molecule has 0 bridgehead atoms. The number of nitrogens with one attached hydrogen (secondary N) is 2. The molecule has 2 rings (SSSR count). The van der Waals surface area contributed by atoms with Crippen LogP contribution < -0.4 is 10.0 Å². The molecule has 2 aromatic carbocycles. The van der Waals surface area contributed by atoms with Crippen molar-refractivity contribution < 1.29 is 17.6 Å². The number of rotatable bonds is 6. The SMILES string of the molecule is CS(=O)(=O)Nc1ccccc1CC(=O)NCc1cc(F)cc(Br)c1. The van der Waals surface area contributed by atoms with Crippen LogP contribution in [-0.4, -0.2) is 20.6 Å². The normalized spacial score (nSPS) is 11.1. The fourth-order valence-electron chi connectivity index (χ4n) is 2.12. The molecule has 2 aromatic rings. The molecule has 0 atom stereocenters. The molecule has 0 aliphatic rings. The Hall–Kier alpha value is -1.93. The Labute approximate surface area is 148 Å². The van der Waals surface area contributed by atoms with Crippen LogP contribution in [0, 0.1) is 5.82 Å². The maximum Gasteiger partial charge on any atom is 0.229 e. The van der Waals surface area contributed by atoms with E-state index in [-0.39, 0.29) is 18.9 Å². The van der Waals surface area contributed by atoms with E-state index in [1.807, 2.05) is 0 Å². The van der Waals surface area contributed by atoms with E-state index in [1.165, 1.54) is 12.1 Å². The van der Waals surface area contributed by atoms with Crippen LogP contribution >= 0.6 is 15.9 Å². The Morgan fingerprint density at radius 3 is 2.58 bits per heavy atom. The first-order chi connectivity index (χ1) is 11.2. The van der Waals surface area contributed by atoms with Gasteiger partial charge in [0.25, 0.3) is 0 Å². The summed E-state index contributed by atoms with van der Waals surface area (Å²) < 4.78 is 39.0. The Morgan fingerprint density at radius 2 is 1.92 bits per heavy atom. The molecular weight excluding hydrogens is 399 g/mol. The van der Waals surface area contributed by atoms with Crippen LogP contribution in [0.3, 0.4) is 0 Å². The quantitative estimate of drug-likeness (QED) is 0.762. The highest BCUT2D eigenvalue weighted by atomic mass is 79.9. The van der Waals surface area contributed by atoms with Crippen molar-refractivity contribution in [1.82, 2.24) is 5.32 Å². The van der Waals surface area contributed by atoms with Crippen molar-refractivity contribution >= 4 is 37.5 Å². The highest BCUT2D eigenvalue weighted by Gasteiger charge is 2.11. The number of benzene rings is 2. The van der Waals surface area contributed by atoms with Gasteiger partial charge in [0, 0.05) is 11.0 Å². The van der Waals surface area contributed by atoms with Gasteiger partial charge in [-0.2, -0.15) is 0 Å². The first-order valence-corrected chi connectivity index (χ1v) is 9.69. The zero-order chi connectivity index (χ0) is 17.7. The van der Waals surface area contributed by atoms with E-state index < -0.39 is 15.8 Å². The second kappa shape index (κ2) is 7.76. The Morgan fingerprint density at radius 1 is 1.21 bits per heavy atom. The number of para-hydroxylation sites is 1. The average Bonchev–Trinajstić information content (AvgIpc) is 2.45. The van der Waals surface area contributed by atoms with Crippen molar-refractivity contribution in [3.63, 3.8) is 0 Å². The molecule has 1 amide bonds. The van der Waals surface area contributed by atoms with E-state index in [0.29, 0.717) is 21.3 Å². The van der Waals surface area contributed by atoms with Crippen molar-refractivity contribution in [2.75, 3.05) is 11.0 Å². The van der Waals surface area contributed by atoms with Crippen molar-refractivity contribution in [3.05, 3.63) is 63.9 Å². The van der Waals surface area contributed by atoms with Gasteiger partial charge in [-0.05, 0) is 35.4 Å². The van der Waals surface area contributed by atoms with Crippen LogP contribution in [0.5, 0.6) is 0 Å². The number of hydrogen-bond acceptors (Lipinski definition) is 3. The topological polar surface area (TPSA) is 75.3 Å². The van der Waals surface area contributed by atoms with E-state index in [2.05, 4.69) is 26.0 Å². The molecule has 0 saturated heterocycles. The van der Waals surface area contributed by atoms with Crippen molar-refractivity contribution in [3.8, 4) is 0 Å². The molecule has 0 heterocycles. The molecule has 24 heavy (non-hydrogen) atoms. The predicted molar refractivity (Wildman–Crippen MR) is 94.6 cm³/mol. The fraction of sp³-hybridized carbons (Fsp3) is 0.188. The molecular formula is C16H16BrFN2O3S. The Kier molecular flexibility index (Phi) is 5.95. The number of sulfonamides is 1. The van der Waals surface area contributed by atoms with Crippen LogP contribution in [0.4, 0.5) is 10.1 Å². The Balaban J connectivity index is 2.02. The zero-order valence-corrected chi connectivity index (χ0v) is 15.2. The maximum absolute atomic E-state index is 13.3. The molecule has 0 spiro atoms. The third-order valence-corrected chi connectivity index (χ3v) is 4.12. The van der Waals surface area contributed by atoms with Crippen LogP contribution in [0.1, 0.15) is 11.1 Å². The predicted octanol–water partition coefficient (Wildman–Crippen LogP) is 2.82. The molecule has 0 aliphatic carbocycles. The van der Waals surface area contributed by atoms with Gasteiger partial charge in [0.2, 0.25) is 15.9 Å². The Bertz CT molecular complexity index is 836. The minimum atomic E-state index is -3.43. The minimum Gasteiger partial charge on any atom is -0.352 e. The van der Waals surface area contributed by atoms with E-state index in [4.69, 9.17) is 0 Å². The molecule has 0 aromatic heterocycles. The molecule has 2 N–H and O–H groups in total.